The van der Waals surface area contributed by atoms with Crippen LogP contribution in [0.25, 0.3) is 10.9 Å². The van der Waals surface area contributed by atoms with Crippen molar-refractivity contribution in [2.75, 3.05) is 44.1 Å². The van der Waals surface area contributed by atoms with Crippen LogP contribution in [0.5, 0.6) is 11.5 Å². The first-order valence-corrected chi connectivity index (χ1v) is 11.9. The molecule has 0 unspecified atom stereocenters. The number of fused-ring (bicyclic) bond motifs is 1. The second-order valence-corrected chi connectivity index (χ2v) is 9.13. The first-order valence-electron chi connectivity index (χ1n) is 11.0. The highest BCUT2D eigenvalue weighted by atomic mass is 35.5. The zero-order valence-electron chi connectivity index (χ0n) is 19.6. The number of halogens is 2. The van der Waals surface area contributed by atoms with Gasteiger partial charge in [0.2, 0.25) is 5.95 Å². The van der Waals surface area contributed by atoms with Crippen LogP contribution >= 0.6 is 23.2 Å². The van der Waals surface area contributed by atoms with Crippen molar-refractivity contribution in [2.24, 2.45) is 7.05 Å². The monoisotopic (exact) mass is 520 g/mol. The van der Waals surface area contributed by atoms with Gasteiger partial charge in [-0.1, -0.05) is 11.6 Å². The molecule has 0 bridgehead atoms. The Kier molecular flexibility index (Phi) is 7.51. The Bertz CT molecular complexity index is 1310. The van der Waals surface area contributed by atoms with Crippen molar-refractivity contribution in [3.63, 3.8) is 0 Å². The first kappa shape index (κ1) is 24.9. The highest BCUT2D eigenvalue weighted by Crippen LogP contribution is 2.33. The van der Waals surface area contributed by atoms with Gasteiger partial charge in [0.25, 0.3) is 11.5 Å². The van der Waals surface area contributed by atoms with Crippen molar-refractivity contribution < 1.29 is 14.3 Å². The Labute approximate surface area is 212 Å². The lowest BCUT2D eigenvalue weighted by Gasteiger charge is -2.29. The predicted octanol–water partition coefficient (Wildman–Crippen LogP) is 3.07. The highest BCUT2D eigenvalue weighted by molar-refractivity contribution is 6.33. The molecule has 10 nitrogen and oxygen atoms in total. The van der Waals surface area contributed by atoms with Crippen molar-refractivity contribution in [1.29, 1.82) is 0 Å². The van der Waals surface area contributed by atoms with E-state index >= 15 is 0 Å². The van der Waals surface area contributed by atoms with Crippen LogP contribution in [-0.4, -0.2) is 59.7 Å². The van der Waals surface area contributed by atoms with Crippen molar-refractivity contribution >= 4 is 57.5 Å². The van der Waals surface area contributed by atoms with Gasteiger partial charge in [0, 0.05) is 49.7 Å². The number of likely N-dealkylation sites (N-methyl/N-ethyl adjacent to an activating group) is 1. The zero-order chi connectivity index (χ0) is 25.1. The Morgan fingerprint density at radius 3 is 2.66 bits per heavy atom. The van der Waals surface area contributed by atoms with Crippen molar-refractivity contribution in [3.05, 3.63) is 39.8 Å². The number of carbonyl (C=O) groups excluding carboxylic acids is 1. The van der Waals surface area contributed by atoms with Crippen LogP contribution in [0, 0.1) is 0 Å². The molecule has 1 amide bonds. The summed E-state index contributed by atoms with van der Waals surface area (Å²) in [4.78, 5) is 35.4. The van der Waals surface area contributed by atoms with Gasteiger partial charge in [-0.15, -0.1) is 11.6 Å². The number of hydrogen-bond donors (Lipinski definition) is 2. The smallest absolute Gasteiger partial charge is 0.293 e. The van der Waals surface area contributed by atoms with E-state index in [-0.39, 0.29) is 29.2 Å². The van der Waals surface area contributed by atoms with E-state index in [1.165, 1.54) is 18.7 Å². The van der Waals surface area contributed by atoms with Crippen LogP contribution in [0.4, 0.5) is 17.5 Å². The number of ether oxygens (including phenoxy) is 2. The summed E-state index contributed by atoms with van der Waals surface area (Å²) in [5.41, 5.74) is 0.828. The van der Waals surface area contributed by atoms with E-state index < -0.39 is 0 Å². The molecule has 1 aromatic carbocycles. The van der Waals surface area contributed by atoms with E-state index in [0.717, 1.165) is 25.9 Å². The van der Waals surface area contributed by atoms with E-state index in [1.807, 2.05) is 6.07 Å². The summed E-state index contributed by atoms with van der Waals surface area (Å²) in [5.74, 6) is 1.18. The lowest BCUT2D eigenvalue weighted by molar-refractivity contribution is -0.122. The minimum Gasteiger partial charge on any atom is -0.494 e. The molecule has 12 heteroatoms. The third kappa shape index (κ3) is 5.38. The van der Waals surface area contributed by atoms with E-state index in [9.17, 15) is 9.59 Å². The van der Waals surface area contributed by atoms with Crippen LogP contribution in [0.15, 0.2) is 29.2 Å². The van der Waals surface area contributed by atoms with Crippen LogP contribution < -0.4 is 30.6 Å². The molecule has 1 saturated heterocycles. The van der Waals surface area contributed by atoms with Crippen molar-refractivity contribution in [1.82, 2.24) is 19.9 Å². The maximum absolute atomic E-state index is 12.8. The molecular weight excluding hydrogens is 495 g/mol. The normalized spacial score (nSPS) is 14.1. The van der Waals surface area contributed by atoms with Gasteiger partial charge in [0.15, 0.2) is 18.2 Å². The second-order valence-electron chi connectivity index (χ2n) is 8.10. The first-order chi connectivity index (χ1) is 16.8. The lowest BCUT2D eigenvalue weighted by Crippen LogP contribution is -2.35. The molecule has 1 aliphatic rings. The number of aromatic nitrogens is 3. The predicted molar refractivity (Wildman–Crippen MR) is 137 cm³/mol. The van der Waals surface area contributed by atoms with Gasteiger partial charge in [-0.05, 0) is 25.0 Å². The fraction of sp³-hybridized carbons (Fsp3) is 0.391. The number of aryl methyl sites for hydroxylation is 1. The lowest BCUT2D eigenvalue weighted by atomic mass is 10.1. The molecule has 3 aromatic rings. The number of carbonyl (C=O) groups is 1. The summed E-state index contributed by atoms with van der Waals surface area (Å²) in [7, 11) is 4.64. The number of anilines is 3. The molecule has 1 aliphatic heterocycles. The van der Waals surface area contributed by atoms with Crippen molar-refractivity contribution in [3.8, 4) is 11.5 Å². The SMILES string of the molecule is CNC(=O)COc1cc2cc(Nc3nc(N4CCC(Cl)CC4)ncc3Cl)cc(OC)c2n(C)c1=O. The third-order valence-corrected chi connectivity index (χ3v) is 6.51. The Morgan fingerprint density at radius 1 is 1.23 bits per heavy atom. The molecule has 0 saturated carbocycles. The minimum absolute atomic E-state index is 0.0489. The quantitative estimate of drug-likeness (QED) is 0.457. The van der Waals surface area contributed by atoms with Gasteiger partial charge in [0.05, 0.1) is 18.8 Å². The molecule has 35 heavy (non-hydrogen) atoms. The summed E-state index contributed by atoms with van der Waals surface area (Å²) in [6.45, 7) is 1.27. The molecule has 0 atom stereocenters. The second kappa shape index (κ2) is 10.6. The van der Waals surface area contributed by atoms with E-state index in [1.54, 1.807) is 25.4 Å². The molecule has 3 heterocycles. The van der Waals surface area contributed by atoms with Gasteiger partial charge in [0.1, 0.15) is 10.8 Å². The third-order valence-electron chi connectivity index (χ3n) is 5.80. The molecule has 4 rings (SSSR count). The number of amides is 1. The van der Waals surface area contributed by atoms with Gasteiger partial charge in [-0.25, -0.2) is 4.98 Å². The number of piperidine rings is 1. The molecule has 186 valence electrons. The molecule has 1 fully saturated rings. The van der Waals surface area contributed by atoms with Gasteiger partial charge in [-0.3, -0.25) is 9.59 Å². The number of methoxy groups -OCH3 is 1. The Morgan fingerprint density at radius 2 is 1.97 bits per heavy atom. The number of benzene rings is 1. The molecule has 0 radical (unpaired) electrons. The van der Waals surface area contributed by atoms with Crippen LogP contribution in [0.3, 0.4) is 0 Å². The van der Waals surface area contributed by atoms with Crippen LogP contribution in [0.1, 0.15) is 12.8 Å². The Hall–Kier alpha value is -3.24. The summed E-state index contributed by atoms with van der Waals surface area (Å²) < 4.78 is 12.4. The average Bonchev–Trinajstić information content (AvgIpc) is 2.86. The number of nitrogens with zero attached hydrogens (tertiary/aromatic N) is 4. The summed E-state index contributed by atoms with van der Waals surface area (Å²) in [5, 5.41) is 6.88. The average molecular weight is 521 g/mol. The molecule has 0 aliphatic carbocycles. The Balaban J connectivity index is 1.69. The van der Waals surface area contributed by atoms with E-state index in [2.05, 4.69) is 25.5 Å². The van der Waals surface area contributed by atoms with E-state index in [0.29, 0.717) is 39.1 Å². The molecular formula is C23H26Cl2N6O4. The standard InChI is InChI=1S/C23H26Cl2N6O4/c1-26-19(32)12-35-18-9-13-8-15(10-17(34-3)20(13)30(2)22(18)33)28-21-16(25)11-27-23(29-21)31-6-4-14(24)5-7-31/h8-11,14H,4-7,12H2,1-3H3,(H,26,32)(H,27,28,29). The van der Waals surface area contributed by atoms with Crippen LogP contribution in [0.2, 0.25) is 5.02 Å². The fourth-order valence-electron chi connectivity index (χ4n) is 3.90. The summed E-state index contributed by atoms with van der Waals surface area (Å²) in [6.07, 6.45) is 3.29. The zero-order valence-corrected chi connectivity index (χ0v) is 21.1. The molecule has 2 N–H and O–H groups in total. The number of pyridine rings is 1. The van der Waals surface area contributed by atoms with Gasteiger partial charge >= 0.3 is 0 Å². The molecule has 2 aromatic heterocycles. The highest BCUT2D eigenvalue weighted by Gasteiger charge is 2.21. The fourth-order valence-corrected chi connectivity index (χ4v) is 4.23. The summed E-state index contributed by atoms with van der Waals surface area (Å²) in [6, 6.07) is 5.16. The van der Waals surface area contributed by atoms with Crippen LogP contribution in [-0.2, 0) is 11.8 Å². The van der Waals surface area contributed by atoms with Gasteiger partial charge in [-0.2, -0.15) is 4.98 Å². The largest absolute Gasteiger partial charge is 0.494 e. The number of rotatable bonds is 7. The topological polar surface area (TPSA) is 111 Å². The van der Waals surface area contributed by atoms with Crippen molar-refractivity contribution in [2.45, 2.75) is 18.2 Å². The summed E-state index contributed by atoms with van der Waals surface area (Å²) >= 11 is 12.6. The minimum atomic E-state index is -0.385. The number of nitrogens with one attached hydrogen (secondary N) is 2. The number of hydrogen-bond acceptors (Lipinski definition) is 8. The molecule has 0 spiro atoms. The van der Waals surface area contributed by atoms with E-state index in [4.69, 9.17) is 32.7 Å². The van der Waals surface area contributed by atoms with Gasteiger partial charge < -0.3 is 29.6 Å². The maximum Gasteiger partial charge on any atom is 0.293 e. The maximum atomic E-state index is 12.8. The number of alkyl halides is 1.